The summed E-state index contributed by atoms with van der Waals surface area (Å²) in [5.41, 5.74) is 6.14. The van der Waals surface area contributed by atoms with Crippen LogP contribution in [0.2, 0.25) is 0 Å². The van der Waals surface area contributed by atoms with Crippen LogP contribution in [0.5, 0.6) is 0 Å². The number of benzene rings is 2. The third-order valence-electron chi connectivity index (χ3n) is 4.06. The summed E-state index contributed by atoms with van der Waals surface area (Å²) in [6, 6.07) is 16.5. The molecule has 25 heavy (non-hydrogen) atoms. The lowest BCUT2D eigenvalue weighted by atomic mass is 10.1. The number of hydrogen-bond acceptors (Lipinski definition) is 3. The number of amides is 1. The van der Waals surface area contributed by atoms with Gasteiger partial charge in [-0.1, -0.05) is 36.4 Å². The number of carbonyl (C=O) groups excluding carboxylic acids is 1. The molecule has 0 saturated carbocycles. The van der Waals surface area contributed by atoms with Gasteiger partial charge in [-0.05, 0) is 53.3 Å². The average molecular weight is 335 g/mol. The van der Waals surface area contributed by atoms with Gasteiger partial charge in [0.15, 0.2) is 0 Å². The van der Waals surface area contributed by atoms with Gasteiger partial charge in [-0.2, -0.15) is 0 Å². The second-order valence-corrected chi connectivity index (χ2v) is 5.88. The molecule has 0 bridgehead atoms. The van der Waals surface area contributed by atoms with Crippen LogP contribution in [0.4, 0.5) is 0 Å². The predicted molar refractivity (Wildman–Crippen MR) is 99.1 cm³/mol. The molecule has 1 heterocycles. The lowest BCUT2D eigenvalue weighted by Crippen LogP contribution is -2.16. The third-order valence-corrected chi connectivity index (χ3v) is 4.06. The van der Waals surface area contributed by atoms with Crippen molar-refractivity contribution in [1.29, 1.82) is 0 Å². The third kappa shape index (κ3) is 4.79. The summed E-state index contributed by atoms with van der Waals surface area (Å²) in [4.78, 5) is 14.2. The standard InChI is InChI=1S/C20H21N3O2/c24-20(23-25)8-6-15-1-3-17(4-2-15)14-21-11-9-16-5-7-18-10-12-22-19(18)13-16/h1-8,10,12-13,21-22,25H,9,11,14H2,(H,23,24)/b8-6+. The van der Waals surface area contributed by atoms with Crippen molar-refractivity contribution in [1.82, 2.24) is 15.8 Å². The highest BCUT2D eigenvalue weighted by molar-refractivity contribution is 5.90. The van der Waals surface area contributed by atoms with Crippen molar-refractivity contribution >= 4 is 22.9 Å². The fourth-order valence-electron chi connectivity index (χ4n) is 2.67. The molecule has 0 atom stereocenters. The molecular weight excluding hydrogens is 314 g/mol. The van der Waals surface area contributed by atoms with Crippen LogP contribution in [0.15, 0.2) is 60.8 Å². The van der Waals surface area contributed by atoms with Gasteiger partial charge in [-0.3, -0.25) is 10.0 Å². The molecule has 0 unspecified atom stereocenters. The van der Waals surface area contributed by atoms with Crippen molar-refractivity contribution in [3.05, 3.63) is 77.5 Å². The van der Waals surface area contributed by atoms with E-state index in [1.54, 1.807) is 11.6 Å². The Bertz CT molecular complexity index is 866. The van der Waals surface area contributed by atoms with Crippen molar-refractivity contribution < 1.29 is 10.0 Å². The quantitative estimate of drug-likeness (QED) is 0.232. The summed E-state index contributed by atoms with van der Waals surface area (Å²) in [6.07, 6.45) is 5.88. The van der Waals surface area contributed by atoms with Gasteiger partial charge in [0.05, 0.1) is 0 Å². The fourth-order valence-corrected chi connectivity index (χ4v) is 2.67. The van der Waals surface area contributed by atoms with Gasteiger partial charge in [0.25, 0.3) is 5.91 Å². The Labute approximate surface area is 146 Å². The topological polar surface area (TPSA) is 77.2 Å². The van der Waals surface area contributed by atoms with E-state index in [0.717, 1.165) is 25.1 Å². The van der Waals surface area contributed by atoms with E-state index in [2.05, 4.69) is 34.6 Å². The zero-order chi connectivity index (χ0) is 17.5. The Morgan fingerprint density at radius 2 is 1.88 bits per heavy atom. The van der Waals surface area contributed by atoms with E-state index in [1.165, 1.54) is 28.1 Å². The summed E-state index contributed by atoms with van der Waals surface area (Å²) in [5, 5.41) is 13.1. The van der Waals surface area contributed by atoms with Gasteiger partial charge < -0.3 is 10.3 Å². The van der Waals surface area contributed by atoms with E-state index in [1.807, 2.05) is 30.5 Å². The molecule has 3 aromatic rings. The van der Waals surface area contributed by atoms with Crippen LogP contribution in [0.3, 0.4) is 0 Å². The molecule has 5 heteroatoms. The summed E-state index contributed by atoms with van der Waals surface area (Å²) < 4.78 is 0. The summed E-state index contributed by atoms with van der Waals surface area (Å²) in [7, 11) is 0. The molecule has 1 aromatic heterocycles. The summed E-state index contributed by atoms with van der Waals surface area (Å²) >= 11 is 0. The molecule has 4 N–H and O–H groups in total. The number of nitrogens with one attached hydrogen (secondary N) is 3. The van der Waals surface area contributed by atoms with Crippen molar-refractivity contribution in [2.75, 3.05) is 6.54 Å². The molecule has 0 aliphatic heterocycles. The highest BCUT2D eigenvalue weighted by Gasteiger charge is 1.98. The fraction of sp³-hybridized carbons (Fsp3) is 0.150. The van der Waals surface area contributed by atoms with Crippen molar-refractivity contribution in [2.45, 2.75) is 13.0 Å². The molecule has 0 radical (unpaired) electrons. The molecule has 0 fully saturated rings. The highest BCUT2D eigenvalue weighted by Crippen LogP contribution is 2.14. The first-order valence-corrected chi connectivity index (χ1v) is 8.22. The van der Waals surface area contributed by atoms with Crippen molar-refractivity contribution in [2.24, 2.45) is 0 Å². The summed E-state index contributed by atoms with van der Waals surface area (Å²) in [5.74, 6) is -0.539. The van der Waals surface area contributed by atoms with Crippen LogP contribution in [-0.4, -0.2) is 22.6 Å². The SMILES string of the molecule is O=C(/C=C/c1ccc(CNCCc2ccc3cc[nH]c3c2)cc1)NO. The number of hydrogen-bond donors (Lipinski definition) is 4. The maximum absolute atomic E-state index is 10.9. The smallest absolute Gasteiger partial charge is 0.267 e. The van der Waals surface area contributed by atoms with E-state index in [9.17, 15) is 4.79 Å². The normalized spacial score (nSPS) is 11.2. The summed E-state index contributed by atoms with van der Waals surface area (Å²) in [6.45, 7) is 1.70. The molecule has 0 spiro atoms. The molecule has 128 valence electrons. The van der Waals surface area contributed by atoms with E-state index in [4.69, 9.17) is 5.21 Å². The lowest BCUT2D eigenvalue weighted by Gasteiger charge is -2.06. The van der Waals surface area contributed by atoms with Crippen molar-refractivity contribution in [3.8, 4) is 0 Å². The van der Waals surface area contributed by atoms with Crippen LogP contribution < -0.4 is 10.8 Å². The van der Waals surface area contributed by atoms with E-state index >= 15 is 0 Å². The Hall–Kier alpha value is -2.89. The van der Waals surface area contributed by atoms with Crippen LogP contribution in [0.25, 0.3) is 17.0 Å². The molecule has 1 amide bonds. The molecular formula is C20H21N3O2. The number of aromatic nitrogens is 1. The number of fused-ring (bicyclic) bond motifs is 1. The van der Waals surface area contributed by atoms with Gasteiger partial charge in [0.1, 0.15) is 0 Å². The lowest BCUT2D eigenvalue weighted by molar-refractivity contribution is -0.124. The van der Waals surface area contributed by atoms with Crippen LogP contribution in [-0.2, 0) is 17.8 Å². The van der Waals surface area contributed by atoms with Gasteiger partial charge in [0, 0.05) is 24.3 Å². The van der Waals surface area contributed by atoms with Gasteiger partial charge in [0.2, 0.25) is 0 Å². The number of aromatic amines is 1. The van der Waals surface area contributed by atoms with E-state index in [0.29, 0.717) is 0 Å². The van der Waals surface area contributed by atoms with E-state index < -0.39 is 5.91 Å². The molecule has 0 aliphatic carbocycles. The molecule has 5 nitrogen and oxygen atoms in total. The second kappa shape index (κ2) is 8.28. The average Bonchev–Trinajstić information content (AvgIpc) is 3.12. The Kier molecular flexibility index (Phi) is 5.61. The monoisotopic (exact) mass is 335 g/mol. The minimum absolute atomic E-state index is 0.539. The first kappa shape index (κ1) is 17.0. The maximum atomic E-state index is 10.9. The first-order chi connectivity index (χ1) is 12.2. The Morgan fingerprint density at radius 1 is 1.08 bits per heavy atom. The largest absolute Gasteiger partial charge is 0.361 e. The van der Waals surface area contributed by atoms with Gasteiger partial charge in [-0.25, -0.2) is 5.48 Å². The maximum Gasteiger partial charge on any atom is 0.267 e. The van der Waals surface area contributed by atoms with Crippen LogP contribution in [0.1, 0.15) is 16.7 Å². The number of hydroxylamine groups is 1. The number of H-pyrrole nitrogens is 1. The minimum atomic E-state index is -0.539. The molecule has 0 aliphatic rings. The molecule has 0 saturated heterocycles. The zero-order valence-electron chi connectivity index (χ0n) is 13.8. The Balaban J connectivity index is 1.45. The van der Waals surface area contributed by atoms with Crippen LogP contribution >= 0.6 is 0 Å². The zero-order valence-corrected chi connectivity index (χ0v) is 13.8. The van der Waals surface area contributed by atoms with Gasteiger partial charge in [-0.15, -0.1) is 0 Å². The highest BCUT2D eigenvalue weighted by atomic mass is 16.5. The van der Waals surface area contributed by atoms with Crippen LogP contribution in [0, 0.1) is 0 Å². The Morgan fingerprint density at radius 3 is 2.68 bits per heavy atom. The molecule has 2 aromatic carbocycles. The van der Waals surface area contributed by atoms with Gasteiger partial charge >= 0.3 is 0 Å². The number of rotatable bonds is 7. The predicted octanol–water partition coefficient (Wildman–Crippen LogP) is 3.02. The number of carbonyl (C=O) groups is 1. The van der Waals surface area contributed by atoms with Crippen molar-refractivity contribution in [3.63, 3.8) is 0 Å². The second-order valence-electron chi connectivity index (χ2n) is 5.88. The van der Waals surface area contributed by atoms with E-state index in [-0.39, 0.29) is 0 Å². The molecule has 3 rings (SSSR count). The minimum Gasteiger partial charge on any atom is -0.361 e. The first-order valence-electron chi connectivity index (χ1n) is 8.22.